The van der Waals surface area contributed by atoms with Gasteiger partial charge in [0.15, 0.2) is 0 Å². The summed E-state index contributed by atoms with van der Waals surface area (Å²) in [5.74, 6) is 0.767. The fourth-order valence-corrected chi connectivity index (χ4v) is 3.71. The van der Waals surface area contributed by atoms with Gasteiger partial charge in [0.2, 0.25) is 0 Å². The molecule has 0 spiro atoms. The Balaban J connectivity index is 1.75. The molecule has 0 saturated carbocycles. The van der Waals surface area contributed by atoms with E-state index < -0.39 is 17.8 Å². The highest BCUT2D eigenvalue weighted by Crippen LogP contribution is 2.38. The second-order valence-corrected chi connectivity index (χ2v) is 6.39. The zero-order valence-corrected chi connectivity index (χ0v) is 13.3. The largest absolute Gasteiger partial charge is 0.416 e. The summed E-state index contributed by atoms with van der Waals surface area (Å²) >= 11 is 1.61. The molecule has 2 amide bonds. The topological polar surface area (TPSA) is 45.2 Å². The lowest BCUT2D eigenvalue weighted by Gasteiger charge is -2.24. The maximum absolute atomic E-state index is 12.8. The van der Waals surface area contributed by atoms with E-state index in [9.17, 15) is 18.0 Å². The standard InChI is InChI=1S/C16H14F3N3OS/c17-16(18,19)12-2-1-3-13(10-12)21-15(23)22-8-9-24-14(22)11-4-6-20-7-5-11/h1-7,10,14H,8-9H2,(H,21,23). The van der Waals surface area contributed by atoms with Crippen LogP contribution in [-0.4, -0.2) is 28.2 Å². The Hall–Kier alpha value is -2.22. The number of urea groups is 1. The predicted octanol–water partition coefficient (Wildman–Crippen LogP) is 4.38. The molecule has 1 saturated heterocycles. The predicted molar refractivity (Wildman–Crippen MR) is 86.6 cm³/mol. The van der Waals surface area contributed by atoms with Crippen LogP contribution in [-0.2, 0) is 6.18 Å². The molecule has 0 bridgehead atoms. The highest BCUT2D eigenvalue weighted by molar-refractivity contribution is 7.99. The molecule has 1 aliphatic heterocycles. The Morgan fingerprint density at radius 2 is 2.00 bits per heavy atom. The highest BCUT2D eigenvalue weighted by Gasteiger charge is 2.32. The monoisotopic (exact) mass is 353 g/mol. The number of nitrogens with one attached hydrogen (secondary N) is 1. The second kappa shape index (κ2) is 6.72. The van der Waals surface area contributed by atoms with E-state index in [1.807, 2.05) is 12.1 Å². The quantitative estimate of drug-likeness (QED) is 0.871. The molecule has 2 aromatic rings. The fourth-order valence-electron chi connectivity index (χ4n) is 2.45. The van der Waals surface area contributed by atoms with Gasteiger partial charge in [0.25, 0.3) is 0 Å². The van der Waals surface area contributed by atoms with Crippen molar-refractivity contribution in [2.24, 2.45) is 0 Å². The van der Waals surface area contributed by atoms with E-state index in [0.29, 0.717) is 6.54 Å². The molecule has 126 valence electrons. The number of aromatic nitrogens is 1. The molecule has 1 unspecified atom stereocenters. The first-order valence-electron chi connectivity index (χ1n) is 7.21. The minimum absolute atomic E-state index is 0.125. The van der Waals surface area contributed by atoms with Crippen LogP contribution in [0.3, 0.4) is 0 Å². The number of thioether (sulfide) groups is 1. The summed E-state index contributed by atoms with van der Waals surface area (Å²) in [5.41, 5.74) is 0.272. The van der Waals surface area contributed by atoms with Crippen LogP contribution in [0.2, 0.25) is 0 Å². The maximum Gasteiger partial charge on any atom is 0.416 e. The molecular weight excluding hydrogens is 339 g/mol. The average Bonchev–Trinajstić information content (AvgIpc) is 3.05. The molecule has 4 nitrogen and oxygen atoms in total. The number of benzene rings is 1. The van der Waals surface area contributed by atoms with Crippen LogP contribution in [0.15, 0.2) is 48.8 Å². The van der Waals surface area contributed by atoms with Crippen LogP contribution in [0.4, 0.5) is 23.7 Å². The summed E-state index contributed by atoms with van der Waals surface area (Å²) in [6, 6.07) is 7.86. The zero-order valence-electron chi connectivity index (χ0n) is 12.5. The van der Waals surface area contributed by atoms with Gasteiger partial charge in [-0.3, -0.25) is 4.98 Å². The van der Waals surface area contributed by atoms with Gasteiger partial charge in [-0.25, -0.2) is 4.79 Å². The first kappa shape index (κ1) is 16.6. The molecule has 0 aliphatic carbocycles. The van der Waals surface area contributed by atoms with Gasteiger partial charge in [-0.05, 0) is 35.9 Å². The Morgan fingerprint density at radius 1 is 1.25 bits per heavy atom. The van der Waals surface area contributed by atoms with E-state index in [-0.39, 0.29) is 11.1 Å². The molecule has 8 heteroatoms. The lowest BCUT2D eigenvalue weighted by Crippen LogP contribution is -2.34. The van der Waals surface area contributed by atoms with E-state index in [4.69, 9.17) is 0 Å². The minimum atomic E-state index is -4.44. The Morgan fingerprint density at radius 3 is 2.71 bits per heavy atom. The van der Waals surface area contributed by atoms with Gasteiger partial charge in [-0.15, -0.1) is 11.8 Å². The van der Waals surface area contributed by atoms with Gasteiger partial charge in [0.1, 0.15) is 5.37 Å². The fraction of sp³-hybridized carbons (Fsp3) is 0.250. The van der Waals surface area contributed by atoms with Crippen molar-refractivity contribution in [3.8, 4) is 0 Å². The van der Waals surface area contributed by atoms with Crippen molar-refractivity contribution in [1.82, 2.24) is 9.88 Å². The third kappa shape index (κ3) is 3.64. The first-order valence-corrected chi connectivity index (χ1v) is 8.26. The van der Waals surface area contributed by atoms with Gasteiger partial charge in [-0.2, -0.15) is 13.2 Å². The van der Waals surface area contributed by atoms with Crippen molar-refractivity contribution in [3.05, 3.63) is 59.9 Å². The lowest BCUT2D eigenvalue weighted by molar-refractivity contribution is -0.137. The Bertz CT molecular complexity index is 724. The third-order valence-corrected chi connectivity index (χ3v) is 4.84. The van der Waals surface area contributed by atoms with Crippen molar-refractivity contribution >= 4 is 23.5 Å². The van der Waals surface area contributed by atoms with Crippen molar-refractivity contribution in [3.63, 3.8) is 0 Å². The van der Waals surface area contributed by atoms with Gasteiger partial charge >= 0.3 is 12.2 Å². The molecule has 1 fully saturated rings. The lowest BCUT2D eigenvalue weighted by atomic mass is 10.2. The number of carbonyl (C=O) groups is 1. The number of rotatable bonds is 2. The molecule has 24 heavy (non-hydrogen) atoms. The summed E-state index contributed by atoms with van der Waals surface area (Å²) in [4.78, 5) is 18.0. The van der Waals surface area contributed by atoms with Gasteiger partial charge in [0, 0.05) is 30.4 Å². The molecule has 1 aliphatic rings. The molecule has 1 N–H and O–H groups in total. The smallest absolute Gasteiger partial charge is 0.308 e. The summed E-state index contributed by atoms with van der Waals surface area (Å²) < 4.78 is 38.3. The van der Waals surface area contributed by atoms with E-state index in [0.717, 1.165) is 23.4 Å². The highest BCUT2D eigenvalue weighted by atomic mass is 32.2. The van der Waals surface area contributed by atoms with Crippen molar-refractivity contribution < 1.29 is 18.0 Å². The SMILES string of the molecule is O=C(Nc1cccc(C(F)(F)F)c1)N1CCSC1c1ccncc1. The minimum Gasteiger partial charge on any atom is -0.308 e. The van der Waals surface area contributed by atoms with Gasteiger partial charge in [-0.1, -0.05) is 6.07 Å². The average molecular weight is 353 g/mol. The Labute approximate surface area is 141 Å². The number of hydrogen-bond donors (Lipinski definition) is 1. The number of nitrogens with zero attached hydrogens (tertiary/aromatic N) is 2. The van der Waals surface area contributed by atoms with Gasteiger partial charge < -0.3 is 10.2 Å². The van der Waals surface area contributed by atoms with E-state index in [2.05, 4.69) is 10.3 Å². The number of alkyl halides is 3. The summed E-state index contributed by atoms with van der Waals surface area (Å²) in [7, 11) is 0. The number of hydrogen-bond acceptors (Lipinski definition) is 3. The number of halogens is 3. The van der Waals surface area contributed by atoms with E-state index in [1.165, 1.54) is 12.1 Å². The number of pyridine rings is 1. The maximum atomic E-state index is 12.8. The van der Waals surface area contributed by atoms with E-state index in [1.54, 1.807) is 29.1 Å². The molecule has 0 radical (unpaired) electrons. The van der Waals surface area contributed by atoms with Crippen LogP contribution < -0.4 is 5.32 Å². The molecule has 1 aromatic heterocycles. The zero-order chi connectivity index (χ0) is 17.2. The van der Waals surface area contributed by atoms with Crippen molar-refractivity contribution in [1.29, 1.82) is 0 Å². The molecule has 1 aromatic carbocycles. The molecule has 3 rings (SSSR count). The van der Waals surface area contributed by atoms with Crippen LogP contribution >= 0.6 is 11.8 Å². The number of anilines is 1. The van der Waals surface area contributed by atoms with Crippen LogP contribution in [0.5, 0.6) is 0 Å². The van der Waals surface area contributed by atoms with Crippen molar-refractivity contribution in [2.75, 3.05) is 17.6 Å². The Kier molecular flexibility index (Phi) is 4.66. The van der Waals surface area contributed by atoms with Gasteiger partial charge in [0.05, 0.1) is 5.56 Å². The van der Waals surface area contributed by atoms with Crippen LogP contribution in [0, 0.1) is 0 Å². The normalized spacial score (nSPS) is 17.8. The van der Waals surface area contributed by atoms with E-state index >= 15 is 0 Å². The van der Waals surface area contributed by atoms with Crippen LogP contribution in [0.1, 0.15) is 16.5 Å². The summed E-state index contributed by atoms with van der Waals surface area (Å²) in [6.07, 6.45) is -1.14. The third-order valence-electron chi connectivity index (χ3n) is 3.58. The van der Waals surface area contributed by atoms with Crippen LogP contribution in [0.25, 0.3) is 0 Å². The summed E-state index contributed by atoms with van der Waals surface area (Å²) in [5, 5.41) is 2.39. The number of amides is 2. The molecule has 1 atom stereocenters. The molecular formula is C16H14F3N3OS. The first-order chi connectivity index (χ1) is 11.4. The number of carbonyl (C=O) groups excluding carboxylic acids is 1. The molecule has 2 heterocycles. The summed E-state index contributed by atoms with van der Waals surface area (Å²) in [6.45, 7) is 0.530. The van der Waals surface area contributed by atoms with Crippen molar-refractivity contribution in [2.45, 2.75) is 11.6 Å². The second-order valence-electron chi connectivity index (χ2n) is 5.21.